The number of benzene rings is 1. The number of hydrogen-bond acceptors (Lipinski definition) is 4. The van der Waals surface area contributed by atoms with Gasteiger partial charge in [0.05, 0.1) is 6.61 Å². The fourth-order valence-corrected chi connectivity index (χ4v) is 1.77. The van der Waals surface area contributed by atoms with E-state index in [1.165, 1.54) is 0 Å². The summed E-state index contributed by atoms with van der Waals surface area (Å²) < 4.78 is 5.30. The van der Waals surface area contributed by atoms with Crippen LogP contribution in [-0.2, 0) is 11.3 Å². The van der Waals surface area contributed by atoms with Gasteiger partial charge < -0.3 is 4.74 Å². The molecule has 104 valence electrons. The van der Waals surface area contributed by atoms with Crippen LogP contribution in [0, 0.1) is 10.1 Å². The Kier molecular flexibility index (Phi) is 6.02. The molecule has 0 aromatic heterocycles. The molecule has 0 bridgehead atoms. The maximum atomic E-state index is 10.9. The van der Waals surface area contributed by atoms with Crippen molar-refractivity contribution in [3.8, 4) is 0 Å². The Hall–Kier alpha value is -1.88. The van der Waals surface area contributed by atoms with E-state index in [1.807, 2.05) is 37.3 Å². The lowest BCUT2D eigenvalue weighted by molar-refractivity contribution is -0.521. The van der Waals surface area contributed by atoms with Gasteiger partial charge in [0.1, 0.15) is 11.8 Å². The van der Waals surface area contributed by atoms with Crippen molar-refractivity contribution in [2.75, 3.05) is 6.61 Å². The standard InChI is InChI=1S/C14H20N2O3/c1-4-19-12(3)14(11(2)16(17)18)15-10-13-8-6-5-7-9-13/h5-9,11,14-15H,3-4,10H2,1-2H3. The highest BCUT2D eigenvalue weighted by molar-refractivity contribution is 5.15. The van der Waals surface area contributed by atoms with Crippen LogP contribution in [-0.4, -0.2) is 23.6 Å². The van der Waals surface area contributed by atoms with Crippen molar-refractivity contribution in [2.45, 2.75) is 32.5 Å². The van der Waals surface area contributed by atoms with Crippen molar-refractivity contribution < 1.29 is 9.66 Å². The largest absolute Gasteiger partial charge is 0.497 e. The number of rotatable bonds is 8. The first-order valence-electron chi connectivity index (χ1n) is 6.28. The molecular weight excluding hydrogens is 244 g/mol. The number of nitrogens with zero attached hydrogens (tertiary/aromatic N) is 1. The van der Waals surface area contributed by atoms with E-state index in [-0.39, 0.29) is 4.92 Å². The lowest BCUT2D eigenvalue weighted by atomic mass is 10.1. The van der Waals surface area contributed by atoms with Crippen LogP contribution in [0.2, 0.25) is 0 Å². The van der Waals surface area contributed by atoms with Crippen molar-refractivity contribution in [3.05, 3.63) is 58.3 Å². The molecule has 2 unspecified atom stereocenters. The van der Waals surface area contributed by atoms with E-state index in [9.17, 15) is 10.1 Å². The summed E-state index contributed by atoms with van der Waals surface area (Å²) in [5.41, 5.74) is 1.06. The maximum Gasteiger partial charge on any atom is 0.232 e. The molecule has 0 amide bonds. The van der Waals surface area contributed by atoms with Crippen LogP contribution in [0.5, 0.6) is 0 Å². The molecular formula is C14H20N2O3. The fourth-order valence-electron chi connectivity index (χ4n) is 1.77. The quantitative estimate of drug-likeness (QED) is 0.445. The molecule has 0 aliphatic rings. The summed E-state index contributed by atoms with van der Waals surface area (Å²) in [5.74, 6) is 0.405. The molecule has 1 rings (SSSR count). The maximum absolute atomic E-state index is 10.9. The molecule has 5 heteroatoms. The van der Waals surface area contributed by atoms with Gasteiger partial charge in [-0.25, -0.2) is 0 Å². The summed E-state index contributed by atoms with van der Waals surface area (Å²) in [4.78, 5) is 10.6. The summed E-state index contributed by atoms with van der Waals surface area (Å²) in [6.45, 7) is 8.14. The predicted molar refractivity (Wildman–Crippen MR) is 74.3 cm³/mol. The number of nitrogens with one attached hydrogen (secondary N) is 1. The molecule has 2 atom stereocenters. The average Bonchev–Trinajstić information content (AvgIpc) is 2.40. The monoisotopic (exact) mass is 264 g/mol. The Morgan fingerprint density at radius 1 is 1.47 bits per heavy atom. The second-order valence-corrected chi connectivity index (χ2v) is 4.27. The van der Waals surface area contributed by atoms with E-state index in [0.717, 1.165) is 5.56 Å². The molecule has 0 fully saturated rings. The highest BCUT2D eigenvalue weighted by atomic mass is 16.6. The molecule has 5 nitrogen and oxygen atoms in total. The van der Waals surface area contributed by atoms with Gasteiger partial charge in [0.2, 0.25) is 6.04 Å². The normalized spacial score (nSPS) is 13.6. The minimum atomic E-state index is -0.789. The van der Waals surface area contributed by atoms with Gasteiger partial charge in [-0.3, -0.25) is 15.4 Å². The van der Waals surface area contributed by atoms with E-state index >= 15 is 0 Å². The van der Waals surface area contributed by atoms with Crippen LogP contribution in [0.25, 0.3) is 0 Å². The molecule has 0 aliphatic carbocycles. The van der Waals surface area contributed by atoms with Crippen molar-refractivity contribution >= 4 is 0 Å². The van der Waals surface area contributed by atoms with Gasteiger partial charge >= 0.3 is 0 Å². The molecule has 0 heterocycles. The zero-order chi connectivity index (χ0) is 14.3. The van der Waals surface area contributed by atoms with Gasteiger partial charge in [-0.15, -0.1) is 0 Å². The van der Waals surface area contributed by atoms with Gasteiger partial charge in [-0.1, -0.05) is 36.9 Å². The van der Waals surface area contributed by atoms with E-state index < -0.39 is 12.1 Å². The predicted octanol–water partition coefficient (Wildman–Crippen LogP) is 2.36. The first-order valence-corrected chi connectivity index (χ1v) is 6.28. The van der Waals surface area contributed by atoms with E-state index in [4.69, 9.17) is 4.74 Å². The van der Waals surface area contributed by atoms with Crippen molar-refractivity contribution in [3.63, 3.8) is 0 Å². The number of nitro groups is 1. The van der Waals surface area contributed by atoms with Crippen molar-refractivity contribution in [2.24, 2.45) is 0 Å². The second-order valence-electron chi connectivity index (χ2n) is 4.27. The van der Waals surface area contributed by atoms with E-state index in [2.05, 4.69) is 11.9 Å². The lowest BCUT2D eigenvalue weighted by Crippen LogP contribution is -2.43. The molecule has 0 aliphatic heterocycles. The minimum Gasteiger partial charge on any atom is -0.497 e. The van der Waals surface area contributed by atoms with Gasteiger partial charge in [0.15, 0.2) is 0 Å². The molecule has 0 saturated carbocycles. The third-order valence-corrected chi connectivity index (χ3v) is 2.86. The number of ether oxygens (including phenoxy) is 1. The van der Waals surface area contributed by atoms with Crippen LogP contribution in [0.15, 0.2) is 42.7 Å². The average molecular weight is 264 g/mol. The first-order chi connectivity index (χ1) is 9.06. The van der Waals surface area contributed by atoms with Crippen LogP contribution >= 0.6 is 0 Å². The zero-order valence-corrected chi connectivity index (χ0v) is 11.3. The lowest BCUT2D eigenvalue weighted by Gasteiger charge is -2.22. The Bertz CT molecular complexity index is 420. The topological polar surface area (TPSA) is 64.4 Å². The van der Waals surface area contributed by atoms with Gasteiger partial charge in [-0.2, -0.15) is 0 Å². The molecule has 1 N–H and O–H groups in total. The van der Waals surface area contributed by atoms with E-state index in [1.54, 1.807) is 6.92 Å². The molecule has 0 radical (unpaired) electrons. The second kappa shape index (κ2) is 7.53. The van der Waals surface area contributed by atoms with E-state index in [0.29, 0.717) is 18.9 Å². The Labute approximate surface area is 113 Å². The summed E-state index contributed by atoms with van der Waals surface area (Å²) in [7, 11) is 0. The third-order valence-electron chi connectivity index (χ3n) is 2.86. The van der Waals surface area contributed by atoms with Crippen molar-refractivity contribution in [1.29, 1.82) is 0 Å². The SMILES string of the molecule is C=C(OCC)C(NCc1ccccc1)C(C)[N+](=O)[O-]. The van der Waals surface area contributed by atoms with Gasteiger partial charge in [0.25, 0.3) is 0 Å². The Morgan fingerprint density at radius 3 is 2.63 bits per heavy atom. The third kappa shape index (κ3) is 4.71. The van der Waals surface area contributed by atoms with Crippen LogP contribution in [0.3, 0.4) is 0 Å². The Balaban J connectivity index is 2.69. The summed E-state index contributed by atoms with van der Waals surface area (Å²) in [6, 6.07) is 8.42. The Morgan fingerprint density at radius 2 is 2.11 bits per heavy atom. The summed E-state index contributed by atoms with van der Waals surface area (Å²) in [5, 5.41) is 14.1. The van der Waals surface area contributed by atoms with Gasteiger partial charge in [-0.05, 0) is 12.5 Å². The smallest absolute Gasteiger partial charge is 0.232 e. The summed E-state index contributed by atoms with van der Waals surface area (Å²) >= 11 is 0. The fraction of sp³-hybridized carbons (Fsp3) is 0.429. The highest BCUT2D eigenvalue weighted by Crippen LogP contribution is 2.10. The molecule has 19 heavy (non-hydrogen) atoms. The highest BCUT2D eigenvalue weighted by Gasteiger charge is 2.29. The van der Waals surface area contributed by atoms with Gasteiger partial charge in [0, 0.05) is 18.4 Å². The van der Waals surface area contributed by atoms with Crippen molar-refractivity contribution in [1.82, 2.24) is 5.32 Å². The zero-order valence-electron chi connectivity index (χ0n) is 11.3. The molecule has 0 spiro atoms. The minimum absolute atomic E-state index is 0.327. The number of hydrogen-bond donors (Lipinski definition) is 1. The first kappa shape index (κ1) is 15.2. The van der Waals surface area contributed by atoms with Crippen LogP contribution in [0.4, 0.5) is 0 Å². The van der Waals surface area contributed by atoms with Crippen LogP contribution in [0.1, 0.15) is 19.4 Å². The van der Waals surface area contributed by atoms with Crippen LogP contribution < -0.4 is 5.32 Å². The molecule has 0 saturated heterocycles. The molecule has 1 aromatic carbocycles. The summed E-state index contributed by atoms with van der Waals surface area (Å²) in [6.07, 6.45) is 0. The molecule has 1 aromatic rings.